The Labute approximate surface area is 161 Å². The second-order valence-corrected chi connectivity index (χ2v) is 5.93. The van der Waals surface area contributed by atoms with Gasteiger partial charge in [-0.25, -0.2) is 14.6 Å². The number of carbonyl (C=O) groups excluding carboxylic acids is 1. The van der Waals surface area contributed by atoms with Crippen molar-refractivity contribution < 1.29 is 22.4 Å². The van der Waals surface area contributed by atoms with Gasteiger partial charge in [-0.2, -0.15) is 18.3 Å². The van der Waals surface area contributed by atoms with Gasteiger partial charge in [-0.05, 0) is 30.3 Å². The van der Waals surface area contributed by atoms with E-state index in [1.165, 1.54) is 12.1 Å². The quantitative estimate of drug-likeness (QED) is 0.556. The summed E-state index contributed by atoms with van der Waals surface area (Å²) in [6.07, 6.45) is -1.23. The Hall–Kier alpha value is -3.95. The molecule has 0 spiro atoms. The molecule has 4 rings (SSSR count). The SMILES string of the molecule is O=C(Nc1ccc(-n2cncn2)c(C(F)(F)F)c1)c1coc(-c2ccccc2)n1. The van der Waals surface area contributed by atoms with Gasteiger partial charge in [0, 0.05) is 11.3 Å². The summed E-state index contributed by atoms with van der Waals surface area (Å²) < 4.78 is 46.7. The normalized spacial score (nSPS) is 11.4. The third-order valence-electron chi connectivity index (χ3n) is 3.98. The number of nitrogens with one attached hydrogen (secondary N) is 1. The van der Waals surface area contributed by atoms with Crippen molar-refractivity contribution in [1.82, 2.24) is 19.7 Å². The Morgan fingerprint density at radius 3 is 2.59 bits per heavy atom. The van der Waals surface area contributed by atoms with Crippen molar-refractivity contribution in [3.05, 3.63) is 78.7 Å². The molecule has 7 nitrogen and oxygen atoms in total. The van der Waals surface area contributed by atoms with Crippen molar-refractivity contribution in [2.75, 3.05) is 5.32 Å². The fourth-order valence-corrected chi connectivity index (χ4v) is 2.66. The molecule has 146 valence electrons. The van der Waals surface area contributed by atoms with Crippen LogP contribution in [0.25, 0.3) is 17.1 Å². The number of amides is 1. The number of oxazole rings is 1. The number of carbonyl (C=O) groups is 1. The number of halogens is 3. The molecule has 4 aromatic rings. The van der Waals surface area contributed by atoms with E-state index in [0.717, 1.165) is 29.7 Å². The monoisotopic (exact) mass is 399 g/mol. The van der Waals surface area contributed by atoms with E-state index < -0.39 is 17.6 Å². The van der Waals surface area contributed by atoms with Gasteiger partial charge in [0.05, 0.1) is 11.3 Å². The molecule has 29 heavy (non-hydrogen) atoms. The summed E-state index contributed by atoms with van der Waals surface area (Å²) in [5.74, 6) is -0.467. The molecule has 0 radical (unpaired) electrons. The lowest BCUT2D eigenvalue weighted by Crippen LogP contribution is -2.15. The maximum absolute atomic E-state index is 13.5. The molecule has 2 aromatic heterocycles. The maximum atomic E-state index is 13.5. The van der Waals surface area contributed by atoms with E-state index in [1.807, 2.05) is 6.07 Å². The van der Waals surface area contributed by atoms with Crippen molar-refractivity contribution in [3.8, 4) is 17.1 Å². The molecule has 0 aliphatic heterocycles. The van der Waals surface area contributed by atoms with E-state index in [1.54, 1.807) is 24.3 Å². The molecule has 0 fully saturated rings. The van der Waals surface area contributed by atoms with Crippen molar-refractivity contribution in [3.63, 3.8) is 0 Å². The first-order valence-corrected chi connectivity index (χ1v) is 8.30. The number of alkyl halides is 3. The largest absolute Gasteiger partial charge is 0.444 e. The zero-order valence-electron chi connectivity index (χ0n) is 14.6. The van der Waals surface area contributed by atoms with E-state index in [9.17, 15) is 18.0 Å². The van der Waals surface area contributed by atoms with Gasteiger partial charge in [-0.15, -0.1) is 0 Å². The van der Waals surface area contributed by atoms with Crippen LogP contribution in [0.3, 0.4) is 0 Å². The summed E-state index contributed by atoms with van der Waals surface area (Å²) in [6.45, 7) is 0. The molecule has 0 aliphatic rings. The predicted molar refractivity (Wildman–Crippen MR) is 96.3 cm³/mol. The van der Waals surface area contributed by atoms with Crippen molar-refractivity contribution in [2.45, 2.75) is 6.18 Å². The highest BCUT2D eigenvalue weighted by Gasteiger charge is 2.34. The van der Waals surface area contributed by atoms with Gasteiger partial charge in [0.25, 0.3) is 5.91 Å². The van der Waals surface area contributed by atoms with Crippen LogP contribution in [0.2, 0.25) is 0 Å². The first-order chi connectivity index (χ1) is 13.9. The number of anilines is 1. The molecule has 0 unspecified atom stereocenters. The Bertz CT molecular complexity index is 1140. The van der Waals surface area contributed by atoms with Crippen molar-refractivity contribution in [2.24, 2.45) is 0 Å². The smallest absolute Gasteiger partial charge is 0.418 e. The summed E-state index contributed by atoms with van der Waals surface area (Å²) in [6, 6.07) is 12.3. The third kappa shape index (κ3) is 3.86. The van der Waals surface area contributed by atoms with Crippen LogP contribution in [0, 0.1) is 0 Å². The molecule has 0 bridgehead atoms. The minimum absolute atomic E-state index is 0.0459. The van der Waals surface area contributed by atoms with Gasteiger partial charge in [0.1, 0.15) is 18.9 Å². The van der Waals surface area contributed by atoms with Crippen molar-refractivity contribution in [1.29, 1.82) is 0 Å². The molecule has 1 N–H and O–H groups in total. The number of hydrogen-bond acceptors (Lipinski definition) is 5. The van der Waals surface area contributed by atoms with Gasteiger partial charge in [0.2, 0.25) is 5.89 Å². The minimum atomic E-state index is -4.66. The molecular formula is C19H12F3N5O2. The van der Waals surface area contributed by atoms with Crippen LogP contribution in [0.5, 0.6) is 0 Å². The highest BCUT2D eigenvalue weighted by atomic mass is 19.4. The molecule has 0 saturated carbocycles. The highest BCUT2D eigenvalue weighted by molar-refractivity contribution is 6.03. The van der Waals surface area contributed by atoms with Crippen LogP contribution in [-0.2, 0) is 6.18 Å². The zero-order chi connectivity index (χ0) is 20.4. The zero-order valence-corrected chi connectivity index (χ0v) is 14.6. The lowest BCUT2D eigenvalue weighted by atomic mass is 10.1. The third-order valence-corrected chi connectivity index (χ3v) is 3.98. The van der Waals surface area contributed by atoms with E-state index in [-0.39, 0.29) is 23.0 Å². The van der Waals surface area contributed by atoms with Crippen LogP contribution in [-0.4, -0.2) is 25.7 Å². The molecule has 0 atom stereocenters. The van der Waals surface area contributed by atoms with E-state index in [4.69, 9.17) is 4.42 Å². The highest BCUT2D eigenvalue weighted by Crippen LogP contribution is 2.35. The van der Waals surface area contributed by atoms with Gasteiger partial charge >= 0.3 is 6.18 Å². The van der Waals surface area contributed by atoms with Gasteiger partial charge in [-0.3, -0.25) is 4.79 Å². The summed E-state index contributed by atoms with van der Waals surface area (Å²) in [5, 5.41) is 6.13. The second kappa shape index (κ2) is 7.23. The molecule has 0 saturated heterocycles. The standard InChI is InChI=1S/C19H12F3N5O2/c20-19(21,22)14-8-13(6-7-16(14)27-11-23-10-24-27)25-17(28)15-9-29-18(26-15)12-4-2-1-3-5-12/h1-11H,(H,25,28). The maximum Gasteiger partial charge on any atom is 0.418 e. The molecule has 10 heteroatoms. The van der Waals surface area contributed by atoms with Crippen LogP contribution >= 0.6 is 0 Å². The average Bonchev–Trinajstić information content (AvgIpc) is 3.40. The summed E-state index contributed by atoms with van der Waals surface area (Å²) in [5.41, 5.74) is -0.608. The summed E-state index contributed by atoms with van der Waals surface area (Å²) >= 11 is 0. The number of aromatic nitrogens is 4. The Morgan fingerprint density at radius 2 is 1.90 bits per heavy atom. The first kappa shape index (κ1) is 18.4. The molecule has 1 amide bonds. The Balaban J connectivity index is 1.60. The van der Waals surface area contributed by atoms with E-state index >= 15 is 0 Å². The van der Waals surface area contributed by atoms with Crippen LogP contribution in [0.1, 0.15) is 16.1 Å². The minimum Gasteiger partial charge on any atom is -0.444 e. The molecule has 0 aliphatic carbocycles. The van der Waals surface area contributed by atoms with Gasteiger partial charge in [-0.1, -0.05) is 18.2 Å². The Morgan fingerprint density at radius 1 is 1.10 bits per heavy atom. The molecular weight excluding hydrogens is 387 g/mol. The topological polar surface area (TPSA) is 85.8 Å². The van der Waals surface area contributed by atoms with Crippen LogP contribution < -0.4 is 5.32 Å². The van der Waals surface area contributed by atoms with Crippen LogP contribution in [0.15, 0.2) is 71.9 Å². The average molecular weight is 399 g/mol. The molecule has 2 heterocycles. The molecule has 2 aromatic carbocycles. The fourth-order valence-electron chi connectivity index (χ4n) is 2.66. The number of nitrogens with zero attached hydrogens (tertiary/aromatic N) is 4. The number of hydrogen-bond donors (Lipinski definition) is 1. The van der Waals surface area contributed by atoms with Crippen LogP contribution in [0.4, 0.5) is 18.9 Å². The Kier molecular flexibility index (Phi) is 4.59. The predicted octanol–water partition coefficient (Wildman–Crippen LogP) is 4.19. The second-order valence-electron chi connectivity index (χ2n) is 5.93. The van der Waals surface area contributed by atoms with Gasteiger partial charge in [0.15, 0.2) is 5.69 Å². The first-order valence-electron chi connectivity index (χ1n) is 8.30. The van der Waals surface area contributed by atoms with Crippen molar-refractivity contribution >= 4 is 11.6 Å². The van der Waals surface area contributed by atoms with E-state index in [0.29, 0.717) is 5.56 Å². The summed E-state index contributed by atoms with van der Waals surface area (Å²) in [7, 11) is 0. The van der Waals surface area contributed by atoms with Gasteiger partial charge < -0.3 is 9.73 Å². The summed E-state index contributed by atoms with van der Waals surface area (Å²) in [4.78, 5) is 20.1. The fraction of sp³-hybridized carbons (Fsp3) is 0.0526. The number of benzene rings is 2. The lowest BCUT2D eigenvalue weighted by molar-refractivity contribution is -0.137. The van der Waals surface area contributed by atoms with E-state index in [2.05, 4.69) is 20.4 Å². The lowest BCUT2D eigenvalue weighted by Gasteiger charge is -2.14. The number of rotatable bonds is 4.